The van der Waals surface area contributed by atoms with Crippen LogP contribution in [-0.4, -0.2) is 41.1 Å². The van der Waals surface area contributed by atoms with Crippen molar-refractivity contribution < 1.29 is 27.9 Å². The zero-order valence-corrected chi connectivity index (χ0v) is 13.7. The van der Waals surface area contributed by atoms with Gasteiger partial charge < -0.3 is 10.0 Å². The Kier molecular flexibility index (Phi) is 5.13. The summed E-state index contributed by atoms with van der Waals surface area (Å²) in [5.41, 5.74) is -2.16. The summed E-state index contributed by atoms with van der Waals surface area (Å²) in [6.07, 6.45) is -5.25. The molecule has 0 saturated carbocycles. The molecule has 2 rings (SSSR count). The number of benzene rings is 1. The molecule has 0 aliphatic carbocycles. The number of carbonyl (C=O) groups excluding carboxylic acids is 1. The standard InChI is InChI=1S/C16H17ClF3NO3/c1-10(8-11-4-2-3-5-12(11)17)13(22)21-7-6-15(9-21,14(23)24)16(18,19)20/h2-5,10H,6-9H2,1H3,(H,23,24). The van der Waals surface area contributed by atoms with Crippen LogP contribution in [0.4, 0.5) is 13.2 Å². The minimum absolute atomic E-state index is 0.225. The molecule has 1 fully saturated rings. The number of hydrogen-bond acceptors (Lipinski definition) is 2. The van der Waals surface area contributed by atoms with Crippen LogP contribution in [0.3, 0.4) is 0 Å². The Morgan fingerprint density at radius 2 is 2.00 bits per heavy atom. The number of halogens is 4. The number of nitrogens with zero attached hydrogens (tertiary/aromatic N) is 1. The summed E-state index contributed by atoms with van der Waals surface area (Å²) in [6, 6.07) is 6.91. The number of carboxylic acids is 1. The van der Waals surface area contributed by atoms with Gasteiger partial charge in [-0.2, -0.15) is 13.2 Å². The van der Waals surface area contributed by atoms with Gasteiger partial charge in [0.25, 0.3) is 0 Å². The van der Waals surface area contributed by atoms with Crippen LogP contribution in [0.5, 0.6) is 0 Å². The van der Waals surface area contributed by atoms with Crippen molar-refractivity contribution in [1.29, 1.82) is 0 Å². The average molecular weight is 364 g/mol. The van der Waals surface area contributed by atoms with Crippen molar-refractivity contribution in [3.63, 3.8) is 0 Å². The minimum atomic E-state index is -4.90. The first-order chi connectivity index (χ1) is 11.1. The average Bonchev–Trinajstić information content (AvgIpc) is 2.95. The van der Waals surface area contributed by atoms with E-state index in [4.69, 9.17) is 16.7 Å². The first-order valence-electron chi connectivity index (χ1n) is 7.41. The molecule has 1 aliphatic rings. The summed E-state index contributed by atoms with van der Waals surface area (Å²) in [7, 11) is 0. The number of carboxylic acid groups (broad SMARTS) is 1. The topological polar surface area (TPSA) is 57.6 Å². The van der Waals surface area contributed by atoms with Crippen LogP contribution >= 0.6 is 11.6 Å². The molecule has 1 aliphatic heterocycles. The molecule has 1 saturated heterocycles. The molecular weight excluding hydrogens is 347 g/mol. The molecule has 24 heavy (non-hydrogen) atoms. The molecule has 1 aromatic carbocycles. The van der Waals surface area contributed by atoms with Crippen molar-refractivity contribution in [3.05, 3.63) is 34.9 Å². The van der Waals surface area contributed by atoms with Crippen molar-refractivity contribution in [3.8, 4) is 0 Å². The van der Waals surface area contributed by atoms with Gasteiger partial charge in [0.15, 0.2) is 5.41 Å². The van der Waals surface area contributed by atoms with Crippen LogP contribution in [0.2, 0.25) is 5.02 Å². The van der Waals surface area contributed by atoms with Crippen molar-refractivity contribution in [2.75, 3.05) is 13.1 Å². The van der Waals surface area contributed by atoms with Crippen molar-refractivity contribution >= 4 is 23.5 Å². The third-order valence-corrected chi connectivity index (χ3v) is 4.81. The number of carbonyl (C=O) groups is 2. The number of likely N-dealkylation sites (tertiary alicyclic amines) is 1. The van der Waals surface area contributed by atoms with Gasteiger partial charge in [-0.15, -0.1) is 0 Å². The predicted molar refractivity (Wildman–Crippen MR) is 81.6 cm³/mol. The largest absolute Gasteiger partial charge is 0.481 e. The monoisotopic (exact) mass is 363 g/mol. The highest BCUT2D eigenvalue weighted by Gasteiger charge is 2.64. The number of aliphatic carboxylic acids is 1. The lowest BCUT2D eigenvalue weighted by molar-refractivity contribution is -0.227. The molecule has 2 atom stereocenters. The summed E-state index contributed by atoms with van der Waals surface area (Å²) in [5.74, 6) is -3.03. The predicted octanol–water partition coefficient (Wildman–Crippen LogP) is 3.38. The Labute approximate surface area is 142 Å². The van der Waals surface area contributed by atoms with Crippen LogP contribution in [0.15, 0.2) is 24.3 Å². The molecule has 0 radical (unpaired) electrons. The first kappa shape index (κ1) is 18.6. The number of hydrogen-bond donors (Lipinski definition) is 1. The van der Waals surface area contributed by atoms with E-state index in [1.54, 1.807) is 31.2 Å². The van der Waals surface area contributed by atoms with E-state index in [1.807, 2.05) is 0 Å². The van der Waals surface area contributed by atoms with Gasteiger partial charge in [0, 0.05) is 24.0 Å². The molecule has 2 unspecified atom stereocenters. The van der Waals surface area contributed by atoms with Gasteiger partial charge in [0.2, 0.25) is 5.91 Å². The normalized spacial score (nSPS) is 22.5. The van der Waals surface area contributed by atoms with E-state index in [1.165, 1.54) is 0 Å². The van der Waals surface area contributed by atoms with E-state index < -0.39 is 42.4 Å². The number of rotatable bonds is 4. The molecule has 1 N–H and O–H groups in total. The Morgan fingerprint density at radius 3 is 2.50 bits per heavy atom. The quantitative estimate of drug-likeness (QED) is 0.892. The second-order valence-electron chi connectivity index (χ2n) is 6.09. The van der Waals surface area contributed by atoms with Gasteiger partial charge in [0.05, 0.1) is 0 Å². The molecule has 0 bridgehead atoms. The second-order valence-corrected chi connectivity index (χ2v) is 6.50. The van der Waals surface area contributed by atoms with Crippen LogP contribution in [-0.2, 0) is 16.0 Å². The fraction of sp³-hybridized carbons (Fsp3) is 0.500. The van der Waals surface area contributed by atoms with Crippen molar-refractivity contribution in [2.45, 2.75) is 25.9 Å². The molecular formula is C16H17ClF3NO3. The van der Waals surface area contributed by atoms with Gasteiger partial charge in [-0.25, -0.2) is 0 Å². The summed E-state index contributed by atoms with van der Waals surface area (Å²) >= 11 is 6.03. The van der Waals surface area contributed by atoms with Gasteiger partial charge in [-0.1, -0.05) is 36.7 Å². The van der Waals surface area contributed by atoms with Gasteiger partial charge in [-0.3, -0.25) is 9.59 Å². The van der Waals surface area contributed by atoms with E-state index in [2.05, 4.69) is 0 Å². The Morgan fingerprint density at radius 1 is 1.38 bits per heavy atom. The zero-order valence-electron chi connectivity index (χ0n) is 12.9. The summed E-state index contributed by atoms with van der Waals surface area (Å²) < 4.78 is 39.5. The van der Waals surface area contributed by atoms with E-state index in [0.717, 1.165) is 10.5 Å². The molecule has 8 heteroatoms. The van der Waals surface area contributed by atoms with Crippen molar-refractivity contribution in [1.82, 2.24) is 4.90 Å². The number of amides is 1. The zero-order chi connectivity index (χ0) is 18.1. The Balaban J connectivity index is 2.11. The summed E-state index contributed by atoms with van der Waals surface area (Å²) in [6.45, 7) is 0.523. The highest BCUT2D eigenvalue weighted by atomic mass is 35.5. The van der Waals surface area contributed by atoms with Gasteiger partial charge in [-0.05, 0) is 24.5 Å². The molecule has 1 aromatic rings. The second kappa shape index (κ2) is 6.63. The maximum atomic E-state index is 13.2. The highest BCUT2D eigenvalue weighted by Crippen LogP contribution is 2.46. The molecule has 0 spiro atoms. The van der Waals surface area contributed by atoms with E-state index in [-0.39, 0.29) is 13.0 Å². The maximum absolute atomic E-state index is 13.2. The molecule has 1 heterocycles. The van der Waals surface area contributed by atoms with E-state index >= 15 is 0 Å². The van der Waals surface area contributed by atoms with E-state index in [9.17, 15) is 22.8 Å². The Bertz CT molecular complexity index is 650. The van der Waals surface area contributed by atoms with Crippen LogP contribution < -0.4 is 0 Å². The lowest BCUT2D eigenvalue weighted by atomic mass is 9.86. The fourth-order valence-corrected chi connectivity index (χ4v) is 3.13. The lowest BCUT2D eigenvalue weighted by Crippen LogP contribution is -2.48. The first-order valence-corrected chi connectivity index (χ1v) is 7.78. The van der Waals surface area contributed by atoms with E-state index in [0.29, 0.717) is 5.02 Å². The SMILES string of the molecule is CC(Cc1ccccc1Cl)C(=O)N1CCC(C(=O)O)(C(F)(F)F)C1. The van der Waals surface area contributed by atoms with Gasteiger partial charge >= 0.3 is 12.1 Å². The Hall–Kier alpha value is -1.76. The van der Waals surface area contributed by atoms with Crippen LogP contribution in [0.1, 0.15) is 18.9 Å². The fourth-order valence-electron chi connectivity index (χ4n) is 2.92. The maximum Gasteiger partial charge on any atom is 0.406 e. The molecule has 0 aromatic heterocycles. The van der Waals surface area contributed by atoms with Crippen LogP contribution in [0, 0.1) is 11.3 Å². The minimum Gasteiger partial charge on any atom is -0.481 e. The van der Waals surface area contributed by atoms with Gasteiger partial charge in [0.1, 0.15) is 0 Å². The van der Waals surface area contributed by atoms with Crippen molar-refractivity contribution in [2.24, 2.45) is 11.3 Å². The summed E-state index contributed by atoms with van der Waals surface area (Å²) in [5, 5.41) is 9.51. The molecule has 132 valence electrons. The summed E-state index contributed by atoms with van der Waals surface area (Å²) in [4.78, 5) is 24.6. The third-order valence-electron chi connectivity index (χ3n) is 4.44. The third kappa shape index (κ3) is 3.36. The van der Waals surface area contributed by atoms with Crippen LogP contribution in [0.25, 0.3) is 0 Å². The molecule has 4 nitrogen and oxygen atoms in total. The molecule has 1 amide bonds. The number of alkyl halides is 3. The lowest BCUT2D eigenvalue weighted by Gasteiger charge is -2.28. The highest BCUT2D eigenvalue weighted by molar-refractivity contribution is 6.31. The smallest absolute Gasteiger partial charge is 0.406 e.